The van der Waals surface area contributed by atoms with Crippen molar-refractivity contribution in [2.24, 2.45) is 23.7 Å². The molecule has 24 heavy (non-hydrogen) atoms. The molecule has 2 rings (SSSR count). The molecule has 2 heteroatoms. The summed E-state index contributed by atoms with van der Waals surface area (Å²) >= 11 is 0. The van der Waals surface area contributed by atoms with E-state index >= 15 is 0 Å². The molecule has 0 heterocycles. The lowest BCUT2D eigenvalue weighted by molar-refractivity contribution is 0.0339. The molecule has 0 aromatic rings. The van der Waals surface area contributed by atoms with E-state index in [0.29, 0.717) is 0 Å². The van der Waals surface area contributed by atoms with Crippen LogP contribution in [-0.2, 0) is 0 Å². The van der Waals surface area contributed by atoms with E-state index in [1.54, 1.807) is 0 Å². The van der Waals surface area contributed by atoms with Gasteiger partial charge in [0.2, 0.25) is 6.43 Å². The zero-order valence-corrected chi connectivity index (χ0v) is 16.0. The number of halogens is 2. The van der Waals surface area contributed by atoms with Crippen LogP contribution in [0.1, 0.15) is 110 Å². The first-order valence-corrected chi connectivity index (χ1v) is 11.0. The lowest BCUT2D eigenvalue weighted by Gasteiger charge is -2.37. The van der Waals surface area contributed by atoms with Gasteiger partial charge in [-0.1, -0.05) is 71.1 Å². The summed E-state index contributed by atoms with van der Waals surface area (Å²) in [5, 5.41) is 0. The van der Waals surface area contributed by atoms with Gasteiger partial charge in [0.1, 0.15) is 0 Å². The number of alkyl halides is 2. The molecule has 2 saturated carbocycles. The Morgan fingerprint density at radius 3 is 1.71 bits per heavy atom. The van der Waals surface area contributed by atoms with Crippen LogP contribution in [0.4, 0.5) is 8.78 Å². The van der Waals surface area contributed by atoms with E-state index in [9.17, 15) is 8.78 Å². The first-order valence-electron chi connectivity index (χ1n) is 11.0. The van der Waals surface area contributed by atoms with Crippen LogP contribution in [0.2, 0.25) is 0 Å². The van der Waals surface area contributed by atoms with E-state index in [0.717, 1.165) is 43.4 Å². The molecule has 2 aliphatic rings. The Balaban J connectivity index is 1.51. The zero-order valence-electron chi connectivity index (χ0n) is 16.0. The van der Waals surface area contributed by atoms with Crippen molar-refractivity contribution in [3.05, 3.63) is 0 Å². The minimum Gasteiger partial charge on any atom is -0.210 e. The van der Waals surface area contributed by atoms with Crippen LogP contribution in [0.3, 0.4) is 0 Å². The van der Waals surface area contributed by atoms with Gasteiger partial charge in [0.15, 0.2) is 0 Å². The molecule has 0 bridgehead atoms. The average molecular weight is 343 g/mol. The molecular formula is C22H40F2. The Morgan fingerprint density at radius 1 is 0.667 bits per heavy atom. The summed E-state index contributed by atoms with van der Waals surface area (Å²) in [6, 6.07) is 0. The van der Waals surface area contributed by atoms with E-state index in [-0.39, 0.29) is 5.92 Å². The highest BCUT2D eigenvalue weighted by atomic mass is 19.3. The molecule has 2 aliphatic carbocycles. The Kier molecular flexibility index (Phi) is 9.64. The summed E-state index contributed by atoms with van der Waals surface area (Å²) < 4.78 is 25.6. The SMILES string of the molecule is CCCCCCCCCC1CCC(C2CCC(C(F)F)CC2)CC1. The minimum atomic E-state index is -2.08. The van der Waals surface area contributed by atoms with Crippen LogP contribution in [0.25, 0.3) is 0 Å². The van der Waals surface area contributed by atoms with E-state index in [4.69, 9.17) is 0 Å². The largest absolute Gasteiger partial charge is 0.241 e. The topological polar surface area (TPSA) is 0 Å². The maximum Gasteiger partial charge on any atom is 0.241 e. The number of hydrogen-bond donors (Lipinski definition) is 0. The van der Waals surface area contributed by atoms with Crippen LogP contribution in [-0.4, -0.2) is 6.43 Å². The van der Waals surface area contributed by atoms with Crippen LogP contribution >= 0.6 is 0 Å². The van der Waals surface area contributed by atoms with E-state index in [1.165, 1.54) is 77.0 Å². The molecule has 0 nitrogen and oxygen atoms in total. The minimum absolute atomic E-state index is 0.296. The normalized spacial score (nSPS) is 31.5. The number of hydrogen-bond acceptors (Lipinski definition) is 0. The fraction of sp³-hybridized carbons (Fsp3) is 1.00. The summed E-state index contributed by atoms with van der Waals surface area (Å²) in [5.41, 5.74) is 0. The van der Waals surface area contributed by atoms with Crippen molar-refractivity contribution in [2.45, 2.75) is 116 Å². The third-order valence-corrected chi connectivity index (χ3v) is 6.95. The van der Waals surface area contributed by atoms with Crippen molar-refractivity contribution >= 4 is 0 Å². The van der Waals surface area contributed by atoms with E-state index < -0.39 is 6.43 Å². The monoisotopic (exact) mass is 342 g/mol. The van der Waals surface area contributed by atoms with Crippen molar-refractivity contribution < 1.29 is 8.78 Å². The zero-order chi connectivity index (χ0) is 17.2. The Labute approximate surface area is 149 Å². The predicted octanol–water partition coefficient (Wildman–Crippen LogP) is 8.01. The van der Waals surface area contributed by atoms with Gasteiger partial charge in [0.05, 0.1) is 0 Å². The second-order valence-corrected chi connectivity index (χ2v) is 8.70. The first kappa shape index (κ1) is 20.2. The van der Waals surface area contributed by atoms with Gasteiger partial charge in [-0.05, 0) is 56.3 Å². The lowest BCUT2D eigenvalue weighted by atomic mass is 9.68. The molecule has 0 aliphatic heterocycles. The van der Waals surface area contributed by atoms with Crippen LogP contribution in [0, 0.1) is 23.7 Å². The van der Waals surface area contributed by atoms with Gasteiger partial charge in [0.25, 0.3) is 0 Å². The summed E-state index contributed by atoms with van der Waals surface area (Å²) in [4.78, 5) is 0. The standard InChI is InChI=1S/C22H40F2/c1-2-3-4-5-6-7-8-9-18-10-12-19(13-11-18)20-14-16-21(17-15-20)22(23)24/h18-22H,2-17H2,1H3. The van der Waals surface area contributed by atoms with Gasteiger partial charge in [0, 0.05) is 5.92 Å². The quantitative estimate of drug-likeness (QED) is 0.353. The second kappa shape index (κ2) is 11.5. The van der Waals surface area contributed by atoms with Gasteiger partial charge < -0.3 is 0 Å². The molecule has 0 unspecified atom stereocenters. The highest BCUT2D eigenvalue weighted by Gasteiger charge is 2.33. The van der Waals surface area contributed by atoms with E-state index in [1.807, 2.05) is 0 Å². The highest BCUT2D eigenvalue weighted by Crippen LogP contribution is 2.43. The Morgan fingerprint density at radius 2 is 1.17 bits per heavy atom. The fourth-order valence-electron chi connectivity index (χ4n) is 5.21. The molecule has 0 aromatic carbocycles. The molecule has 0 radical (unpaired) electrons. The molecule has 0 atom stereocenters. The smallest absolute Gasteiger partial charge is 0.210 e. The fourth-order valence-corrected chi connectivity index (χ4v) is 5.21. The second-order valence-electron chi connectivity index (χ2n) is 8.70. The predicted molar refractivity (Wildman–Crippen MR) is 99.5 cm³/mol. The molecular weight excluding hydrogens is 302 g/mol. The van der Waals surface area contributed by atoms with Gasteiger partial charge in [-0.15, -0.1) is 0 Å². The van der Waals surface area contributed by atoms with Crippen molar-refractivity contribution in [2.75, 3.05) is 0 Å². The molecule has 0 amide bonds. The number of unbranched alkanes of at least 4 members (excludes halogenated alkanes) is 6. The lowest BCUT2D eigenvalue weighted by Crippen LogP contribution is -2.27. The van der Waals surface area contributed by atoms with Crippen molar-refractivity contribution in [3.8, 4) is 0 Å². The van der Waals surface area contributed by atoms with Crippen molar-refractivity contribution in [3.63, 3.8) is 0 Å². The summed E-state index contributed by atoms with van der Waals surface area (Å²) in [6.07, 6.45) is 18.5. The number of rotatable bonds is 10. The first-order chi connectivity index (χ1) is 11.7. The third-order valence-electron chi connectivity index (χ3n) is 6.95. The van der Waals surface area contributed by atoms with Gasteiger partial charge in [-0.2, -0.15) is 0 Å². The van der Waals surface area contributed by atoms with Crippen molar-refractivity contribution in [1.29, 1.82) is 0 Å². The molecule has 0 saturated heterocycles. The Hall–Kier alpha value is -0.140. The highest BCUT2D eigenvalue weighted by molar-refractivity contribution is 4.82. The summed E-state index contributed by atoms with van der Waals surface area (Å²) in [7, 11) is 0. The maximum absolute atomic E-state index is 12.8. The van der Waals surface area contributed by atoms with Crippen LogP contribution in [0.15, 0.2) is 0 Å². The van der Waals surface area contributed by atoms with Crippen LogP contribution < -0.4 is 0 Å². The Bertz CT molecular complexity index is 299. The summed E-state index contributed by atoms with van der Waals surface area (Å²) in [5.74, 6) is 2.29. The van der Waals surface area contributed by atoms with Gasteiger partial charge >= 0.3 is 0 Å². The van der Waals surface area contributed by atoms with Gasteiger partial charge in [-0.3, -0.25) is 0 Å². The molecule has 142 valence electrons. The molecule has 2 fully saturated rings. The van der Waals surface area contributed by atoms with E-state index in [2.05, 4.69) is 6.92 Å². The molecule has 0 spiro atoms. The van der Waals surface area contributed by atoms with Crippen LogP contribution in [0.5, 0.6) is 0 Å². The molecule has 0 aromatic heterocycles. The van der Waals surface area contributed by atoms with Crippen molar-refractivity contribution in [1.82, 2.24) is 0 Å². The molecule has 0 N–H and O–H groups in total. The third kappa shape index (κ3) is 7.00. The summed E-state index contributed by atoms with van der Waals surface area (Å²) in [6.45, 7) is 2.28. The van der Waals surface area contributed by atoms with Gasteiger partial charge in [-0.25, -0.2) is 8.78 Å². The average Bonchev–Trinajstić information content (AvgIpc) is 2.61. The maximum atomic E-state index is 12.8.